The van der Waals surface area contributed by atoms with Gasteiger partial charge in [-0.2, -0.15) is 11.8 Å². The van der Waals surface area contributed by atoms with E-state index in [2.05, 4.69) is 36.1 Å². The SMILES string of the molecule is CC(C)SCC1(C)CC(=O)c2c([nH]c(-c3ccnc(N)c3)c2Nc2ccccc2)C1. The summed E-state index contributed by atoms with van der Waals surface area (Å²) in [5.74, 6) is 1.61. The molecule has 4 rings (SSSR count). The van der Waals surface area contributed by atoms with Crippen molar-refractivity contribution in [3.05, 3.63) is 59.9 Å². The lowest BCUT2D eigenvalue weighted by atomic mass is 9.75. The quantitative estimate of drug-likeness (QED) is 0.478. The summed E-state index contributed by atoms with van der Waals surface area (Å²) >= 11 is 1.92. The molecule has 0 amide bonds. The summed E-state index contributed by atoms with van der Waals surface area (Å²) in [6, 6.07) is 13.7. The van der Waals surface area contributed by atoms with Crippen LogP contribution in [0.4, 0.5) is 17.2 Å². The third kappa shape index (κ3) is 4.24. The van der Waals surface area contributed by atoms with E-state index in [4.69, 9.17) is 5.73 Å². The molecule has 2 heterocycles. The number of pyridine rings is 1. The van der Waals surface area contributed by atoms with E-state index in [1.807, 2.05) is 54.2 Å². The van der Waals surface area contributed by atoms with Crippen molar-refractivity contribution in [1.82, 2.24) is 9.97 Å². The van der Waals surface area contributed by atoms with Crippen LogP contribution in [0.25, 0.3) is 11.3 Å². The smallest absolute Gasteiger partial charge is 0.167 e. The summed E-state index contributed by atoms with van der Waals surface area (Å²) < 4.78 is 0. The number of carbonyl (C=O) groups excluding carboxylic acids is 1. The van der Waals surface area contributed by atoms with Crippen molar-refractivity contribution in [2.24, 2.45) is 5.41 Å². The lowest BCUT2D eigenvalue weighted by Gasteiger charge is -2.33. The number of hydrogen-bond acceptors (Lipinski definition) is 5. The molecular weight excluding hydrogens is 392 g/mol. The number of carbonyl (C=O) groups is 1. The maximum atomic E-state index is 13.4. The Morgan fingerprint density at radius 3 is 2.70 bits per heavy atom. The Labute approximate surface area is 181 Å². The van der Waals surface area contributed by atoms with Crippen LogP contribution in [0.3, 0.4) is 0 Å². The highest BCUT2D eigenvalue weighted by Crippen LogP contribution is 2.45. The van der Waals surface area contributed by atoms with E-state index < -0.39 is 0 Å². The van der Waals surface area contributed by atoms with Gasteiger partial charge in [-0.25, -0.2) is 4.98 Å². The molecule has 5 nitrogen and oxygen atoms in total. The molecular formula is C24H28N4OS. The molecule has 2 aromatic heterocycles. The molecule has 1 aromatic carbocycles. The monoisotopic (exact) mass is 420 g/mol. The number of hydrogen-bond donors (Lipinski definition) is 3. The van der Waals surface area contributed by atoms with E-state index in [9.17, 15) is 4.79 Å². The molecule has 0 aliphatic heterocycles. The summed E-state index contributed by atoms with van der Waals surface area (Å²) in [4.78, 5) is 21.0. The number of H-pyrrole nitrogens is 1. The normalized spacial score (nSPS) is 18.5. The number of nitrogens with one attached hydrogen (secondary N) is 2. The van der Waals surface area contributed by atoms with Crippen LogP contribution in [-0.4, -0.2) is 26.8 Å². The van der Waals surface area contributed by atoms with Gasteiger partial charge >= 0.3 is 0 Å². The lowest BCUT2D eigenvalue weighted by molar-refractivity contribution is 0.0915. The molecule has 0 radical (unpaired) electrons. The summed E-state index contributed by atoms with van der Waals surface area (Å²) in [7, 11) is 0. The first kappa shape index (κ1) is 20.5. The molecule has 30 heavy (non-hydrogen) atoms. The number of aromatic nitrogens is 2. The predicted molar refractivity (Wildman–Crippen MR) is 127 cm³/mol. The molecule has 1 aliphatic rings. The Kier molecular flexibility index (Phi) is 5.60. The number of para-hydroxylation sites is 1. The van der Waals surface area contributed by atoms with Crippen molar-refractivity contribution in [3.8, 4) is 11.3 Å². The topological polar surface area (TPSA) is 83.8 Å². The maximum Gasteiger partial charge on any atom is 0.167 e. The van der Waals surface area contributed by atoms with Gasteiger partial charge in [-0.15, -0.1) is 0 Å². The number of anilines is 3. The number of benzene rings is 1. The van der Waals surface area contributed by atoms with Crippen LogP contribution in [0.5, 0.6) is 0 Å². The van der Waals surface area contributed by atoms with Gasteiger partial charge in [0.05, 0.1) is 16.9 Å². The molecule has 6 heteroatoms. The molecule has 3 aromatic rings. The first-order chi connectivity index (χ1) is 14.3. The Hall–Kier alpha value is -2.73. The number of Topliss-reactive ketones (excluding diaryl/α,β-unsaturated/α-hetero) is 1. The highest BCUT2D eigenvalue weighted by Gasteiger charge is 2.38. The number of fused-ring (bicyclic) bond motifs is 1. The molecule has 0 bridgehead atoms. The van der Waals surface area contributed by atoms with Crippen molar-refractivity contribution < 1.29 is 4.79 Å². The van der Waals surface area contributed by atoms with Crippen LogP contribution in [0, 0.1) is 5.41 Å². The number of nitrogens with zero attached hydrogens (tertiary/aromatic N) is 1. The fourth-order valence-electron chi connectivity index (χ4n) is 4.04. The number of ketones is 1. The largest absolute Gasteiger partial charge is 0.384 e. The highest BCUT2D eigenvalue weighted by molar-refractivity contribution is 7.99. The van der Waals surface area contributed by atoms with Crippen molar-refractivity contribution in [2.75, 3.05) is 16.8 Å². The zero-order valence-electron chi connectivity index (χ0n) is 17.7. The Morgan fingerprint density at radius 2 is 2.00 bits per heavy atom. The third-order valence-corrected chi connectivity index (χ3v) is 6.96. The summed E-state index contributed by atoms with van der Waals surface area (Å²) in [5.41, 5.74) is 11.2. The van der Waals surface area contributed by atoms with Gasteiger partial charge in [-0.3, -0.25) is 4.79 Å². The zero-order chi connectivity index (χ0) is 21.3. The molecule has 0 spiro atoms. The predicted octanol–water partition coefficient (Wildman–Crippen LogP) is 5.68. The molecule has 1 unspecified atom stereocenters. The average Bonchev–Trinajstić information content (AvgIpc) is 3.05. The summed E-state index contributed by atoms with van der Waals surface area (Å²) in [6.45, 7) is 6.62. The van der Waals surface area contributed by atoms with E-state index in [-0.39, 0.29) is 11.2 Å². The van der Waals surface area contributed by atoms with Gasteiger partial charge < -0.3 is 16.0 Å². The Balaban J connectivity index is 1.79. The van der Waals surface area contributed by atoms with Gasteiger partial charge in [0.15, 0.2) is 5.78 Å². The second kappa shape index (κ2) is 8.19. The molecule has 0 fully saturated rings. The van der Waals surface area contributed by atoms with Crippen LogP contribution >= 0.6 is 11.8 Å². The lowest BCUT2D eigenvalue weighted by Crippen LogP contribution is -2.32. The molecule has 156 valence electrons. The van der Waals surface area contributed by atoms with Crippen LogP contribution in [0.2, 0.25) is 0 Å². The van der Waals surface area contributed by atoms with Crippen molar-refractivity contribution in [2.45, 2.75) is 38.9 Å². The fourth-order valence-corrected chi connectivity index (χ4v) is 4.98. The number of rotatable bonds is 6. The number of nitrogen functional groups attached to an aromatic ring is 1. The Bertz CT molecular complexity index is 1060. The third-order valence-electron chi connectivity index (χ3n) is 5.43. The fraction of sp³-hybridized carbons (Fsp3) is 0.333. The summed E-state index contributed by atoms with van der Waals surface area (Å²) in [6.07, 6.45) is 3.10. The van der Waals surface area contributed by atoms with Gasteiger partial charge in [0.2, 0.25) is 0 Å². The molecule has 4 N–H and O–H groups in total. The number of nitrogens with two attached hydrogens (primary N) is 1. The van der Waals surface area contributed by atoms with Gasteiger partial charge in [-0.05, 0) is 47.1 Å². The first-order valence-corrected chi connectivity index (χ1v) is 11.3. The van der Waals surface area contributed by atoms with E-state index >= 15 is 0 Å². The van der Waals surface area contributed by atoms with Crippen molar-refractivity contribution in [1.29, 1.82) is 0 Å². The number of aromatic amines is 1. The molecule has 0 saturated heterocycles. The summed E-state index contributed by atoms with van der Waals surface area (Å²) in [5, 5.41) is 4.04. The molecule has 1 atom stereocenters. The van der Waals surface area contributed by atoms with E-state index in [1.54, 1.807) is 6.20 Å². The molecule has 1 aliphatic carbocycles. The van der Waals surface area contributed by atoms with Gasteiger partial charge in [-0.1, -0.05) is 39.0 Å². The standard InChI is InChI=1S/C24H28N4OS/c1-15(2)30-14-24(3)12-18-21(19(29)13-24)23(27-17-7-5-4-6-8-17)22(28-18)16-9-10-26-20(25)11-16/h4-11,15,27-28H,12-14H2,1-3H3,(H2,25,26). The van der Waals surface area contributed by atoms with E-state index in [0.29, 0.717) is 17.5 Å². The van der Waals surface area contributed by atoms with Crippen molar-refractivity contribution >= 4 is 34.7 Å². The number of thioether (sulfide) groups is 1. The Morgan fingerprint density at radius 1 is 1.23 bits per heavy atom. The maximum absolute atomic E-state index is 13.4. The van der Waals surface area contributed by atoms with Gasteiger partial charge in [0, 0.05) is 29.6 Å². The second-order valence-corrected chi connectivity index (χ2v) is 10.2. The van der Waals surface area contributed by atoms with E-state index in [0.717, 1.165) is 46.1 Å². The van der Waals surface area contributed by atoms with Crippen LogP contribution < -0.4 is 11.1 Å². The minimum absolute atomic E-state index is 0.0531. The average molecular weight is 421 g/mol. The van der Waals surface area contributed by atoms with Gasteiger partial charge in [0.25, 0.3) is 0 Å². The van der Waals surface area contributed by atoms with Crippen molar-refractivity contribution in [3.63, 3.8) is 0 Å². The second-order valence-electron chi connectivity index (χ2n) is 8.64. The van der Waals surface area contributed by atoms with Crippen LogP contribution in [0.1, 0.15) is 43.2 Å². The van der Waals surface area contributed by atoms with Crippen LogP contribution in [-0.2, 0) is 6.42 Å². The van der Waals surface area contributed by atoms with Crippen LogP contribution in [0.15, 0.2) is 48.7 Å². The minimum atomic E-state index is -0.0531. The molecule has 0 saturated carbocycles. The van der Waals surface area contributed by atoms with Gasteiger partial charge in [0.1, 0.15) is 5.82 Å². The first-order valence-electron chi connectivity index (χ1n) is 10.3. The highest BCUT2D eigenvalue weighted by atomic mass is 32.2. The minimum Gasteiger partial charge on any atom is -0.384 e. The van der Waals surface area contributed by atoms with E-state index in [1.165, 1.54) is 0 Å². The zero-order valence-corrected chi connectivity index (χ0v) is 18.5.